The standard InChI is InChI=1S/C27H39ClO7/c1-18(15-29)7-6-8-20(28)10-11-21-14-24(26(34-21)25-17-33-27(2,3)35-25)32-16-19-9-12-22(30-4)23(13-19)31-5/h7-9,12-13,21,24-26,29H,6,10-11,14-17H2,1-5H3/b18-7-,20-8-/t21-,24-,25-,26+/m1/s1. The van der Waals surface area contributed by atoms with Gasteiger partial charge in [-0.1, -0.05) is 35.4 Å². The van der Waals surface area contributed by atoms with Gasteiger partial charge in [-0.25, -0.2) is 0 Å². The molecule has 196 valence electrons. The molecule has 0 radical (unpaired) electrons. The van der Waals surface area contributed by atoms with Crippen molar-refractivity contribution in [1.82, 2.24) is 0 Å². The SMILES string of the molecule is COc1ccc(CO[C@@H]2C[C@@H](CC/C(Cl)=C/C/C=C(/C)CO)O[C@@H]2[C@H]2COC(C)(C)O2)cc1OC. The Bertz CT molecular complexity index is 882. The van der Waals surface area contributed by atoms with E-state index in [4.69, 9.17) is 45.1 Å². The van der Waals surface area contributed by atoms with Crippen LogP contribution in [0.2, 0.25) is 0 Å². The molecule has 2 aliphatic heterocycles. The molecule has 4 atom stereocenters. The van der Waals surface area contributed by atoms with Gasteiger partial charge in [0.1, 0.15) is 12.2 Å². The maximum absolute atomic E-state index is 9.10. The van der Waals surface area contributed by atoms with Crippen LogP contribution in [0, 0.1) is 0 Å². The van der Waals surface area contributed by atoms with Gasteiger partial charge >= 0.3 is 0 Å². The summed E-state index contributed by atoms with van der Waals surface area (Å²) in [5.41, 5.74) is 1.93. The first-order valence-electron chi connectivity index (χ1n) is 12.2. The zero-order valence-electron chi connectivity index (χ0n) is 21.4. The van der Waals surface area contributed by atoms with Gasteiger partial charge < -0.3 is 33.5 Å². The molecule has 0 aromatic heterocycles. The minimum atomic E-state index is -0.633. The van der Waals surface area contributed by atoms with Gasteiger partial charge in [0.05, 0.1) is 46.2 Å². The molecule has 0 unspecified atom stereocenters. The van der Waals surface area contributed by atoms with Gasteiger partial charge in [-0.3, -0.25) is 0 Å². The topological polar surface area (TPSA) is 75.6 Å². The van der Waals surface area contributed by atoms with Gasteiger partial charge in [0.2, 0.25) is 0 Å². The number of aliphatic hydroxyl groups excluding tert-OH is 1. The monoisotopic (exact) mass is 510 g/mol. The number of hydrogen-bond donors (Lipinski definition) is 1. The number of allylic oxidation sites excluding steroid dienone is 3. The van der Waals surface area contributed by atoms with E-state index in [1.165, 1.54) is 0 Å². The van der Waals surface area contributed by atoms with E-state index in [0.29, 0.717) is 31.1 Å². The molecule has 8 heteroatoms. The Labute approximate surface area is 213 Å². The average molecular weight is 511 g/mol. The molecule has 0 amide bonds. The second kappa shape index (κ2) is 13.1. The Balaban J connectivity index is 1.61. The first-order chi connectivity index (χ1) is 16.7. The van der Waals surface area contributed by atoms with Gasteiger partial charge in [0.15, 0.2) is 17.3 Å². The summed E-state index contributed by atoms with van der Waals surface area (Å²) in [5, 5.41) is 9.90. The highest BCUT2D eigenvalue weighted by Crippen LogP contribution is 2.36. The first kappa shape index (κ1) is 28.0. The van der Waals surface area contributed by atoms with E-state index >= 15 is 0 Å². The molecule has 3 rings (SSSR count). The third kappa shape index (κ3) is 8.20. The van der Waals surface area contributed by atoms with Crippen LogP contribution in [0.25, 0.3) is 0 Å². The Kier molecular flexibility index (Phi) is 10.5. The van der Waals surface area contributed by atoms with E-state index in [-0.39, 0.29) is 31.0 Å². The van der Waals surface area contributed by atoms with Gasteiger partial charge in [-0.2, -0.15) is 0 Å². The van der Waals surface area contributed by atoms with E-state index in [0.717, 1.165) is 35.4 Å². The maximum Gasteiger partial charge on any atom is 0.163 e. The largest absolute Gasteiger partial charge is 0.493 e. The van der Waals surface area contributed by atoms with Crippen molar-refractivity contribution >= 4 is 11.6 Å². The summed E-state index contributed by atoms with van der Waals surface area (Å²) in [5.74, 6) is 0.723. The molecule has 2 heterocycles. The molecule has 1 aromatic rings. The highest BCUT2D eigenvalue weighted by molar-refractivity contribution is 6.29. The summed E-state index contributed by atoms with van der Waals surface area (Å²) in [7, 11) is 3.24. The fourth-order valence-corrected chi connectivity index (χ4v) is 4.54. The average Bonchev–Trinajstić information content (AvgIpc) is 3.43. The molecule has 0 spiro atoms. The second-order valence-corrected chi connectivity index (χ2v) is 9.98. The van der Waals surface area contributed by atoms with Crippen molar-refractivity contribution in [2.45, 2.75) is 83.3 Å². The van der Waals surface area contributed by atoms with Gasteiger partial charge in [-0.15, -0.1) is 0 Å². The van der Waals surface area contributed by atoms with Crippen LogP contribution in [0.1, 0.15) is 52.0 Å². The number of hydrogen-bond acceptors (Lipinski definition) is 7. The Hall–Kier alpha value is -1.61. The lowest BCUT2D eigenvalue weighted by atomic mass is 10.0. The smallest absolute Gasteiger partial charge is 0.163 e. The minimum Gasteiger partial charge on any atom is -0.493 e. The first-order valence-corrected chi connectivity index (χ1v) is 12.5. The van der Waals surface area contributed by atoms with Crippen LogP contribution in [0.4, 0.5) is 0 Å². The van der Waals surface area contributed by atoms with Crippen molar-refractivity contribution in [3.8, 4) is 11.5 Å². The molecule has 2 fully saturated rings. The lowest BCUT2D eigenvalue weighted by Gasteiger charge is -2.25. The minimum absolute atomic E-state index is 0.0135. The number of methoxy groups -OCH3 is 2. The molecule has 0 bridgehead atoms. The Morgan fingerprint density at radius 2 is 1.97 bits per heavy atom. The lowest BCUT2D eigenvalue weighted by molar-refractivity contribution is -0.164. The zero-order chi connectivity index (χ0) is 25.4. The van der Waals surface area contributed by atoms with Crippen LogP contribution in [-0.4, -0.2) is 62.7 Å². The highest BCUT2D eigenvalue weighted by Gasteiger charge is 2.46. The van der Waals surface area contributed by atoms with Crippen LogP contribution in [0.15, 0.2) is 41.0 Å². The number of rotatable bonds is 12. The lowest BCUT2D eigenvalue weighted by Crippen LogP contribution is -2.38. The Morgan fingerprint density at radius 1 is 1.20 bits per heavy atom. The fourth-order valence-electron chi connectivity index (χ4n) is 4.34. The van der Waals surface area contributed by atoms with Crippen molar-refractivity contribution < 1.29 is 33.5 Å². The predicted octanol–water partition coefficient (Wildman–Crippen LogP) is 5.13. The summed E-state index contributed by atoms with van der Waals surface area (Å²) in [6.45, 7) is 6.68. The van der Waals surface area contributed by atoms with Crippen molar-refractivity contribution in [2.24, 2.45) is 0 Å². The predicted molar refractivity (Wildman–Crippen MR) is 135 cm³/mol. The summed E-state index contributed by atoms with van der Waals surface area (Å²) < 4.78 is 35.4. The molecular weight excluding hydrogens is 472 g/mol. The van der Waals surface area contributed by atoms with E-state index in [2.05, 4.69) is 0 Å². The normalized spacial score (nSPS) is 26.8. The molecule has 2 aliphatic rings. The van der Waals surface area contributed by atoms with Gasteiger partial charge in [-0.05, 0) is 57.7 Å². The molecular formula is C27H39ClO7. The molecule has 7 nitrogen and oxygen atoms in total. The van der Waals surface area contributed by atoms with Crippen LogP contribution in [0.5, 0.6) is 11.5 Å². The van der Waals surface area contributed by atoms with Crippen LogP contribution in [-0.2, 0) is 25.6 Å². The zero-order valence-corrected chi connectivity index (χ0v) is 22.2. The molecule has 0 aliphatic carbocycles. The number of aliphatic hydroxyl groups is 1. The number of ether oxygens (including phenoxy) is 6. The van der Waals surface area contributed by atoms with Crippen LogP contribution in [0.3, 0.4) is 0 Å². The van der Waals surface area contributed by atoms with Gasteiger partial charge in [0, 0.05) is 11.5 Å². The van der Waals surface area contributed by atoms with Crippen molar-refractivity contribution in [2.75, 3.05) is 27.4 Å². The molecule has 35 heavy (non-hydrogen) atoms. The fraction of sp³-hybridized carbons (Fsp3) is 0.630. The third-order valence-corrected chi connectivity index (χ3v) is 6.62. The van der Waals surface area contributed by atoms with E-state index in [1.54, 1.807) is 14.2 Å². The molecule has 2 saturated heterocycles. The molecule has 0 saturated carbocycles. The third-order valence-electron chi connectivity index (χ3n) is 6.28. The summed E-state index contributed by atoms with van der Waals surface area (Å²) >= 11 is 6.43. The van der Waals surface area contributed by atoms with Crippen LogP contribution >= 0.6 is 11.6 Å². The van der Waals surface area contributed by atoms with Crippen molar-refractivity contribution in [3.63, 3.8) is 0 Å². The van der Waals surface area contributed by atoms with E-state index in [1.807, 2.05) is 51.1 Å². The number of halogens is 1. The van der Waals surface area contributed by atoms with E-state index < -0.39 is 5.79 Å². The van der Waals surface area contributed by atoms with E-state index in [9.17, 15) is 0 Å². The van der Waals surface area contributed by atoms with Crippen LogP contribution < -0.4 is 9.47 Å². The van der Waals surface area contributed by atoms with Gasteiger partial charge in [0.25, 0.3) is 0 Å². The second-order valence-electron chi connectivity index (χ2n) is 9.50. The van der Waals surface area contributed by atoms with Crippen molar-refractivity contribution in [1.29, 1.82) is 0 Å². The summed E-state index contributed by atoms with van der Waals surface area (Å²) in [6.07, 6.45) is 6.40. The molecule has 1 aromatic carbocycles. The molecule has 1 N–H and O–H groups in total. The highest BCUT2D eigenvalue weighted by atomic mass is 35.5. The maximum atomic E-state index is 9.10. The summed E-state index contributed by atoms with van der Waals surface area (Å²) in [4.78, 5) is 0. The quantitative estimate of drug-likeness (QED) is 0.391. The number of benzene rings is 1. The van der Waals surface area contributed by atoms with Crippen molar-refractivity contribution in [3.05, 3.63) is 46.5 Å². The Morgan fingerprint density at radius 3 is 2.63 bits per heavy atom. The summed E-state index contributed by atoms with van der Waals surface area (Å²) in [6, 6.07) is 5.78.